The Morgan fingerprint density at radius 2 is 1.07 bits per heavy atom. The quantitative estimate of drug-likeness (QED) is 0.544. The fourth-order valence-corrected chi connectivity index (χ4v) is 4.17. The van der Waals surface area contributed by atoms with Crippen molar-refractivity contribution in [3.05, 3.63) is 78.9 Å². The standard InChI is InChI=1S/C20H20N4O6/c21-19(25)15-7-5-13(23(27)28)9-17(15)11-1-2-12(4-3-11)18-10-14(24(29)30)6-8-16(18)20(22)26/h5-12H,1-4H2,(H2,21,25)(H2,22,26). The van der Waals surface area contributed by atoms with Gasteiger partial charge in [-0.2, -0.15) is 0 Å². The predicted octanol–water partition coefficient (Wildman–Crippen LogP) is 3.14. The van der Waals surface area contributed by atoms with Gasteiger partial charge in [-0.15, -0.1) is 0 Å². The van der Waals surface area contributed by atoms with Gasteiger partial charge in [0, 0.05) is 35.4 Å². The van der Waals surface area contributed by atoms with E-state index in [1.54, 1.807) is 0 Å². The maximum Gasteiger partial charge on any atom is 0.269 e. The summed E-state index contributed by atoms with van der Waals surface area (Å²) in [6.07, 6.45) is 2.31. The Kier molecular flexibility index (Phi) is 5.77. The Labute approximate surface area is 171 Å². The summed E-state index contributed by atoms with van der Waals surface area (Å²) in [6.45, 7) is 0. The monoisotopic (exact) mass is 412 g/mol. The number of nitrogens with two attached hydrogens (primary N) is 2. The third kappa shape index (κ3) is 4.12. The zero-order valence-corrected chi connectivity index (χ0v) is 15.9. The molecule has 2 aromatic rings. The summed E-state index contributed by atoms with van der Waals surface area (Å²) in [7, 11) is 0. The molecule has 1 saturated carbocycles. The Hall–Kier alpha value is -3.82. The van der Waals surface area contributed by atoms with Gasteiger partial charge in [-0.3, -0.25) is 29.8 Å². The lowest BCUT2D eigenvalue weighted by atomic mass is 9.74. The third-order valence-electron chi connectivity index (χ3n) is 5.63. The molecular weight excluding hydrogens is 392 g/mol. The van der Waals surface area contributed by atoms with Crippen LogP contribution in [-0.2, 0) is 0 Å². The summed E-state index contributed by atoms with van der Waals surface area (Å²) in [5.74, 6) is -1.56. The number of nitro benzene ring substituents is 2. The number of primary amides is 2. The minimum absolute atomic E-state index is 0.119. The summed E-state index contributed by atoms with van der Waals surface area (Å²) in [6, 6.07) is 8.00. The van der Waals surface area contributed by atoms with Gasteiger partial charge in [0.2, 0.25) is 11.8 Å². The van der Waals surface area contributed by atoms with Crippen molar-refractivity contribution in [1.82, 2.24) is 0 Å². The van der Waals surface area contributed by atoms with E-state index in [1.165, 1.54) is 36.4 Å². The Bertz CT molecular complexity index is 960. The van der Waals surface area contributed by atoms with E-state index in [2.05, 4.69) is 0 Å². The molecule has 0 heterocycles. The second-order valence-corrected chi connectivity index (χ2v) is 7.33. The molecule has 0 atom stereocenters. The Morgan fingerprint density at radius 3 is 1.33 bits per heavy atom. The summed E-state index contributed by atoms with van der Waals surface area (Å²) in [5.41, 5.74) is 12.2. The number of nitrogens with zero attached hydrogens (tertiary/aromatic N) is 2. The Morgan fingerprint density at radius 1 is 0.733 bits per heavy atom. The number of carbonyl (C=O) groups is 2. The van der Waals surface area contributed by atoms with Crippen LogP contribution in [0.3, 0.4) is 0 Å². The van der Waals surface area contributed by atoms with E-state index in [1.807, 2.05) is 0 Å². The van der Waals surface area contributed by atoms with Crippen LogP contribution in [0.2, 0.25) is 0 Å². The first kappa shape index (κ1) is 20.9. The Balaban J connectivity index is 1.89. The molecule has 4 N–H and O–H groups in total. The normalized spacial score (nSPS) is 18.5. The van der Waals surface area contributed by atoms with E-state index in [0.717, 1.165) is 0 Å². The van der Waals surface area contributed by atoms with Gasteiger partial charge >= 0.3 is 0 Å². The summed E-state index contributed by atoms with van der Waals surface area (Å²) < 4.78 is 0. The van der Waals surface area contributed by atoms with Crippen LogP contribution in [0.1, 0.15) is 69.4 Å². The number of rotatable bonds is 6. The van der Waals surface area contributed by atoms with Crippen LogP contribution in [0.4, 0.5) is 11.4 Å². The molecule has 0 unspecified atom stereocenters. The maximum atomic E-state index is 11.8. The van der Waals surface area contributed by atoms with Gasteiger partial charge in [-0.25, -0.2) is 0 Å². The molecule has 0 aliphatic heterocycles. The van der Waals surface area contributed by atoms with Crippen LogP contribution in [0.5, 0.6) is 0 Å². The maximum absolute atomic E-state index is 11.8. The molecule has 0 spiro atoms. The van der Waals surface area contributed by atoms with Gasteiger partial charge in [-0.1, -0.05) is 0 Å². The molecule has 1 aliphatic carbocycles. The lowest BCUT2D eigenvalue weighted by Crippen LogP contribution is -2.21. The molecule has 10 heteroatoms. The summed E-state index contributed by atoms with van der Waals surface area (Å²) in [5, 5.41) is 22.3. The molecule has 3 rings (SSSR count). The highest BCUT2D eigenvalue weighted by Gasteiger charge is 2.30. The highest BCUT2D eigenvalue weighted by Crippen LogP contribution is 2.43. The topological polar surface area (TPSA) is 172 Å². The van der Waals surface area contributed by atoms with Gasteiger partial charge in [0.15, 0.2) is 0 Å². The van der Waals surface area contributed by atoms with Crippen LogP contribution in [-0.4, -0.2) is 21.7 Å². The smallest absolute Gasteiger partial charge is 0.269 e. The van der Waals surface area contributed by atoms with E-state index >= 15 is 0 Å². The fraction of sp³-hybridized carbons (Fsp3) is 0.300. The molecule has 156 valence electrons. The van der Waals surface area contributed by atoms with E-state index in [-0.39, 0.29) is 34.3 Å². The van der Waals surface area contributed by atoms with Crippen LogP contribution < -0.4 is 11.5 Å². The van der Waals surface area contributed by atoms with Gasteiger partial charge in [0.1, 0.15) is 0 Å². The van der Waals surface area contributed by atoms with Crippen molar-refractivity contribution in [2.75, 3.05) is 0 Å². The fourth-order valence-electron chi connectivity index (χ4n) is 4.17. The van der Waals surface area contributed by atoms with E-state index in [9.17, 15) is 29.8 Å². The van der Waals surface area contributed by atoms with Crippen molar-refractivity contribution in [1.29, 1.82) is 0 Å². The van der Waals surface area contributed by atoms with Crippen LogP contribution >= 0.6 is 0 Å². The van der Waals surface area contributed by atoms with E-state index in [0.29, 0.717) is 36.8 Å². The second-order valence-electron chi connectivity index (χ2n) is 7.33. The van der Waals surface area contributed by atoms with Crippen LogP contribution in [0, 0.1) is 20.2 Å². The molecule has 10 nitrogen and oxygen atoms in total. The first-order valence-corrected chi connectivity index (χ1v) is 9.35. The highest BCUT2D eigenvalue weighted by molar-refractivity contribution is 5.95. The SMILES string of the molecule is NC(=O)c1ccc([N+](=O)[O-])cc1C1CCC(c2cc([N+](=O)[O-])ccc2C(N)=O)CC1. The minimum Gasteiger partial charge on any atom is -0.366 e. The molecule has 30 heavy (non-hydrogen) atoms. The first-order chi connectivity index (χ1) is 14.2. The molecule has 0 saturated heterocycles. The number of carbonyl (C=O) groups excluding carboxylic acids is 2. The highest BCUT2D eigenvalue weighted by atomic mass is 16.6. The van der Waals surface area contributed by atoms with Gasteiger partial charge in [-0.05, 0) is 60.8 Å². The number of hydrogen-bond acceptors (Lipinski definition) is 6. The second kappa shape index (κ2) is 8.27. The first-order valence-electron chi connectivity index (χ1n) is 9.35. The predicted molar refractivity (Wildman–Crippen MR) is 107 cm³/mol. The van der Waals surface area contributed by atoms with E-state index in [4.69, 9.17) is 11.5 Å². The van der Waals surface area contributed by atoms with Gasteiger partial charge in [0.25, 0.3) is 11.4 Å². The lowest BCUT2D eigenvalue weighted by molar-refractivity contribution is -0.385. The molecule has 0 bridgehead atoms. The largest absolute Gasteiger partial charge is 0.366 e. The van der Waals surface area contributed by atoms with Crippen molar-refractivity contribution >= 4 is 23.2 Å². The number of non-ortho nitro benzene ring substituents is 2. The lowest BCUT2D eigenvalue weighted by Gasteiger charge is -2.30. The molecule has 2 aromatic carbocycles. The summed E-state index contributed by atoms with van der Waals surface area (Å²) in [4.78, 5) is 44.8. The summed E-state index contributed by atoms with van der Waals surface area (Å²) >= 11 is 0. The number of amides is 2. The average molecular weight is 412 g/mol. The number of hydrogen-bond donors (Lipinski definition) is 2. The zero-order valence-electron chi connectivity index (χ0n) is 15.9. The van der Waals surface area contributed by atoms with Crippen LogP contribution in [0.25, 0.3) is 0 Å². The van der Waals surface area contributed by atoms with Gasteiger partial charge in [0.05, 0.1) is 9.85 Å². The third-order valence-corrected chi connectivity index (χ3v) is 5.63. The van der Waals surface area contributed by atoms with Crippen molar-refractivity contribution in [2.24, 2.45) is 11.5 Å². The van der Waals surface area contributed by atoms with Crippen molar-refractivity contribution in [2.45, 2.75) is 37.5 Å². The van der Waals surface area contributed by atoms with Crippen molar-refractivity contribution in [3.63, 3.8) is 0 Å². The molecule has 2 amide bonds. The molecule has 0 radical (unpaired) electrons. The van der Waals surface area contributed by atoms with Gasteiger partial charge < -0.3 is 11.5 Å². The van der Waals surface area contributed by atoms with Crippen molar-refractivity contribution in [3.8, 4) is 0 Å². The molecule has 1 aliphatic rings. The number of nitro groups is 2. The average Bonchev–Trinajstić information content (AvgIpc) is 2.72. The zero-order chi connectivity index (χ0) is 22.0. The van der Waals surface area contributed by atoms with E-state index < -0.39 is 21.7 Å². The molecular formula is C20H20N4O6. The number of benzene rings is 2. The van der Waals surface area contributed by atoms with Crippen molar-refractivity contribution < 1.29 is 19.4 Å². The minimum atomic E-state index is -0.656. The molecule has 0 aromatic heterocycles. The molecule has 1 fully saturated rings. The van der Waals surface area contributed by atoms with Crippen LogP contribution in [0.15, 0.2) is 36.4 Å².